The standard InChI is InChI=1S/C27H34N10O2/c1-38-22-13-20-21(14-23(22)39-2)30-17-31-25(20)37-26(28)33-27(34-37)32-19-5-6-24(29-15-19)36-11-7-18(8-12-36)16-35-9-3-4-10-35/h5-6,13-15,17-18H,3-4,7-12,16H2,1-2H3,(H3,28,32,33,34). The van der Waals surface area contributed by atoms with Crippen LogP contribution in [0.15, 0.2) is 36.8 Å². The summed E-state index contributed by atoms with van der Waals surface area (Å²) in [4.78, 5) is 22.9. The number of hydrogen-bond donors (Lipinski definition) is 2. The van der Waals surface area contributed by atoms with E-state index in [1.54, 1.807) is 32.5 Å². The summed E-state index contributed by atoms with van der Waals surface area (Å²) in [5.74, 6) is 3.94. The first kappa shape index (κ1) is 25.1. The van der Waals surface area contributed by atoms with Crippen LogP contribution >= 0.6 is 0 Å². The van der Waals surface area contributed by atoms with Crippen LogP contribution < -0.4 is 25.4 Å². The molecule has 5 heterocycles. The number of nitrogen functional groups attached to an aromatic ring is 1. The van der Waals surface area contributed by atoms with Crippen molar-refractivity contribution in [1.82, 2.24) is 34.6 Å². The van der Waals surface area contributed by atoms with Gasteiger partial charge in [-0.15, -0.1) is 5.10 Å². The maximum atomic E-state index is 6.24. The van der Waals surface area contributed by atoms with Gasteiger partial charge in [-0.25, -0.2) is 15.0 Å². The van der Waals surface area contributed by atoms with E-state index in [1.165, 1.54) is 56.3 Å². The number of likely N-dealkylation sites (tertiary alicyclic amines) is 1. The van der Waals surface area contributed by atoms with Crippen molar-refractivity contribution in [2.75, 3.05) is 62.9 Å². The average molecular weight is 531 g/mol. The number of nitrogens with one attached hydrogen (secondary N) is 1. The number of rotatable bonds is 8. The number of benzene rings is 1. The minimum Gasteiger partial charge on any atom is -0.493 e. The molecule has 0 saturated carbocycles. The molecule has 12 heteroatoms. The van der Waals surface area contributed by atoms with Crippen LogP contribution in [0, 0.1) is 5.92 Å². The Labute approximate surface area is 227 Å². The van der Waals surface area contributed by atoms with Crippen LogP contribution in [-0.4, -0.2) is 81.6 Å². The number of aromatic nitrogens is 6. The zero-order valence-electron chi connectivity index (χ0n) is 22.4. The van der Waals surface area contributed by atoms with Crippen molar-refractivity contribution in [3.63, 3.8) is 0 Å². The molecule has 204 valence electrons. The number of nitrogens with two attached hydrogens (primary N) is 1. The van der Waals surface area contributed by atoms with Gasteiger partial charge < -0.3 is 30.3 Å². The molecule has 0 bridgehead atoms. The quantitative estimate of drug-likeness (QED) is 0.348. The molecule has 6 rings (SSSR count). The zero-order chi connectivity index (χ0) is 26.8. The second-order valence-electron chi connectivity index (χ2n) is 10.1. The molecule has 39 heavy (non-hydrogen) atoms. The summed E-state index contributed by atoms with van der Waals surface area (Å²) in [6.07, 6.45) is 8.40. The third-order valence-corrected chi connectivity index (χ3v) is 7.61. The molecule has 3 N–H and O–H groups in total. The van der Waals surface area contributed by atoms with E-state index >= 15 is 0 Å². The third-order valence-electron chi connectivity index (χ3n) is 7.61. The molecule has 2 aliphatic rings. The van der Waals surface area contributed by atoms with E-state index in [0.717, 1.165) is 30.5 Å². The van der Waals surface area contributed by atoms with E-state index in [-0.39, 0.29) is 5.95 Å². The fourth-order valence-corrected chi connectivity index (χ4v) is 5.52. The number of hydrogen-bond acceptors (Lipinski definition) is 11. The van der Waals surface area contributed by atoms with E-state index < -0.39 is 0 Å². The van der Waals surface area contributed by atoms with Gasteiger partial charge in [0.05, 0.1) is 31.6 Å². The predicted octanol–water partition coefficient (Wildman–Crippen LogP) is 3.26. The molecule has 2 fully saturated rings. The molecule has 0 amide bonds. The first-order valence-corrected chi connectivity index (χ1v) is 13.4. The summed E-state index contributed by atoms with van der Waals surface area (Å²) >= 11 is 0. The minimum absolute atomic E-state index is 0.189. The van der Waals surface area contributed by atoms with Crippen molar-refractivity contribution in [1.29, 1.82) is 0 Å². The van der Waals surface area contributed by atoms with Crippen molar-refractivity contribution >= 4 is 34.3 Å². The lowest BCUT2D eigenvalue weighted by molar-refractivity contribution is 0.249. The number of nitrogens with zero attached hydrogens (tertiary/aromatic N) is 8. The number of ether oxygens (including phenoxy) is 2. The lowest BCUT2D eigenvalue weighted by Crippen LogP contribution is -2.38. The Morgan fingerprint density at radius 3 is 2.46 bits per heavy atom. The molecule has 2 saturated heterocycles. The van der Waals surface area contributed by atoms with Crippen LogP contribution in [0.1, 0.15) is 25.7 Å². The molecule has 1 aromatic carbocycles. The number of piperidine rings is 1. The molecule has 12 nitrogen and oxygen atoms in total. The summed E-state index contributed by atoms with van der Waals surface area (Å²) in [5.41, 5.74) is 7.68. The Kier molecular flexibility index (Phi) is 7.01. The zero-order valence-corrected chi connectivity index (χ0v) is 22.4. The summed E-state index contributed by atoms with van der Waals surface area (Å²) in [6.45, 7) is 5.89. The molecule has 2 aliphatic heterocycles. The van der Waals surface area contributed by atoms with Gasteiger partial charge >= 0.3 is 0 Å². The van der Waals surface area contributed by atoms with Crippen molar-refractivity contribution in [2.24, 2.45) is 5.92 Å². The molecule has 3 aromatic heterocycles. The normalized spacial score (nSPS) is 16.6. The Morgan fingerprint density at radius 1 is 0.974 bits per heavy atom. The van der Waals surface area contributed by atoms with E-state index in [1.807, 2.05) is 12.1 Å². The highest BCUT2D eigenvalue weighted by molar-refractivity contribution is 5.88. The molecule has 0 atom stereocenters. The molecule has 0 unspecified atom stereocenters. The average Bonchev–Trinajstić information content (AvgIpc) is 3.62. The van der Waals surface area contributed by atoms with Gasteiger partial charge in [0.1, 0.15) is 12.1 Å². The Bertz CT molecular complexity index is 1430. The van der Waals surface area contributed by atoms with E-state index in [2.05, 4.69) is 35.2 Å². The van der Waals surface area contributed by atoms with Gasteiger partial charge in [0.2, 0.25) is 11.9 Å². The Balaban J connectivity index is 1.14. The second kappa shape index (κ2) is 10.9. The highest BCUT2D eigenvalue weighted by atomic mass is 16.5. The SMILES string of the molecule is COc1cc2ncnc(-n3nc(Nc4ccc(N5CCC(CN6CCCC6)CC5)nc4)nc3N)c2cc1OC. The monoisotopic (exact) mass is 530 g/mol. The van der Waals surface area contributed by atoms with Crippen LogP contribution in [0.4, 0.5) is 23.4 Å². The van der Waals surface area contributed by atoms with Gasteiger partial charge in [-0.05, 0) is 62.9 Å². The van der Waals surface area contributed by atoms with Crippen LogP contribution in [-0.2, 0) is 0 Å². The largest absolute Gasteiger partial charge is 0.493 e. The lowest BCUT2D eigenvalue weighted by atomic mass is 9.96. The first-order chi connectivity index (χ1) is 19.1. The van der Waals surface area contributed by atoms with Crippen molar-refractivity contribution in [3.8, 4) is 17.3 Å². The Hall–Kier alpha value is -4.19. The number of fused-ring (bicyclic) bond motifs is 1. The molecular weight excluding hydrogens is 496 g/mol. The van der Waals surface area contributed by atoms with Crippen LogP contribution in [0.3, 0.4) is 0 Å². The number of pyridine rings is 1. The van der Waals surface area contributed by atoms with Crippen molar-refractivity contribution in [2.45, 2.75) is 25.7 Å². The van der Waals surface area contributed by atoms with Gasteiger partial charge in [0, 0.05) is 31.1 Å². The van der Waals surface area contributed by atoms with Crippen LogP contribution in [0.25, 0.3) is 16.7 Å². The van der Waals surface area contributed by atoms with Gasteiger partial charge in [0.15, 0.2) is 17.3 Å². The maximum Gasteiger partial charge on any atom is 0.248 e. The summed E-state index contributed by atoms with van der Waals surface area (Å²) in [5, 5.41) is 8.46. The topological polar surface area (TPSA) is 132 Å². The number of anilines is 4. The molecule has 0 spiro atoms. The first-order valence-electron chi connectivity index (χ1n) is 13.4. The van der Waals surface area contributed by atoms with E-state index in [0.29, 0.717) is 34.2 Å². The Morgan fingerprint density at radius 2 is 1.74 bits per heavy atom. The van der Waals surface area contributed by atoms with Gasteiger partial charge in [0.25, 0.3) is 0 Å². The van der Waals surface area contributed by atoms with Crippen molar-refractivity contribution in [3.05, 3.63) is 36.8 Å². The second-order valence-corrected chi connectivity index (χ2v) is 10.1. The van der Waals surface area contributed by atoms with E-state index in [9.17, 15) is 0 Å². The molecule has 4 aromatic rings. The summed E-state index contributed by atoms with van der Waals surface area (Å²) in [6, 6.07) is 7.62. The fourth-order valence-electron chi connectivity index (χ4n) is 5.52. The molecule has 0 radical (unpaired) electrons. The number of methoxy groups -OCH3 is 2. The van der Waals surface area contributed by atoms with Gasteiger partial charge in [-0.2, -0.15) is 9.67 Å². The summed E-state index contributed by atoms with van der Waals surface area (Å²) in [7, 11) is 3.16. The van der Waals surface area contributed by atoms with Gasteiger partial charge in [-0.3, -0.25) is 0 Å². The lowest BCUT2D eigenvalue weighted by Gasteiger charge is -2.34. The van der Waals surface area contributed by atoms with Gasteiger partial charge in [-0.1, -0.05) is 0 Å². The smallest absolute Gasteiger partial charge is 0.248 e. The third kappa shape index (κ3) is 5.24. The summed E-state index contributed by atoms with van der Waals surface area (Å²) < 4.78 is 12.3. The highest BCUT2D eigenvalue weighted by Gasteiger charge is 2.23. The van der Waals surface area contributed by atoms with Crippen molar-refractivity contribution < 1.29 is 9.47 Å². The van der Waals surface area contributed by atoms with Crippen LogP contribution in [0.2, 0.25) is 0 Å². The molecular formula is C27H34N10O2. The highest BCUT2D eigenvalue weighted by Crippen LogP contribution is 2.33. The fraction of sp³-hybridized carbons (Fsp3) is 0.444. The van der Waals surface area contributed by atoms with E-state index in [4.69, 9.17) is 20.2 Å². The molecule has 0 aliphatic carbocycles. The predicted molar refractivity (Wildman–Crippen MR) is 150 cm³/mol. The minimum atomic E-state index is 0.189. The van der Waals surface area contributed by atoms with Crippen LogP contribution in [0.5, 0.6) is 11.5 Å². The maximum absolute atomic E-state index is 6.24.